The first kappa shape index (κ1) is 15.7. The van der Waals surface area contributed by atoms with E-state index in [2.05, 4.69) is 15.3 Å². The highest BCUT2D eigenvalue weighted by atomic mass is 16.5. The minimum absolute atomic E-state index is 0.126. The van der Waals surface area contributed by atoms with Crippen LogP contribution in [0.15, 0.2) is 6.20 Å². The molecule has 0 aliphatic heterocycles. The molecule has 2 unspecified atom stereocenters. The van der Waals surface area contributed by atoms with Gasteiger partial charge in [-0.3, -0.25) is 0 Å². The summed E-state index contributed by atoms with van der Waals surface area (Å²) in [4.78, 5) is 20.3. The summed E-state index contributed by atoms with van der Waals surface area (Å²) in [5, 5.41) is 3.31. The van der Waals surface area contributed by atoms with E-state index < -0.39 is 0 Å². The van der Waals surface area contributed by atoms with Crippen molar-refractivity contribution in [3.8, 4) is 0 Å². The van der Waals surface area contributed by atoms with Crippen molar-refractivity contribution < 1.29 is 9.53 Å². The highest BCUT2D eigenvalue weighted by Gasteiger charge is 2.21. The van der Waals surface area contributed by atoms with Crippen LogP contribution in [0.4, 0.5) is 5.95 Å². The van der Waals surface area contributed by atoms with Crippen LogP contribution in [-0.4, -0.2) is 34.6 Å². The smallest absolute Gasteiger partial charge is 0.341 e. The van der Waals surface area contributed by atoms with Gasteiger partial charge in [0.05, 0.1) is 17.9 Å². The van der Waals surface area contributed by atoms with E-state index in [0.29, 0.717) is 23.8 Å². The number of aromatic nitrogens is 2. The van der Waals surface area contributed by atoms with Gasteiger partial charge >= 0.3 is 5.97 Å². The van der Waals surface area contributed by atoms with Crippen molar-refractivity contribution in [1.82, 2.24) is 9.97 Å². The lowest BCUT2D eigenvalue weighted by atomic mass is 10.0. The number of carbonyl (C=O) groups excluding carboxylic acids is 1. The lowest BCUT2D eigenvalue weighted by molar-refractivity contribution is 0.0524. The van der Waals surface area contributed by atoms with Gasteiger partial charge in [-0.2, -0.15) is 0 Å². The summed E-state index contributed by atoms with van der Waals surface area (Å²) >= 11 is 0. The fraction of sp³-hybridized carbons (Fsp3) is 0.667. The maximum Gasteiger partial charge on any atom is 0.341 e. The van der Waals surface area contributed by atoms with Crippen molar-refractivity contribution in [2.75, 3.05) is 11.9 Å². The minimum Gasteiger partial charge on any atom is -0.462 e. The van der Waals surface area contributed by atoms with Gasteiger partial charge in [-0.25, -0.2) is 14.8 Å². The van der Waals surface area contributed by atoms with E-state index in [1.165, 1.54) is 25.5 Å². The van der Waals surface area contributed by atoms with E-state index in [9.17, 15) is 4.79 Å². The molecule has 0 aromatic carbocycles. The first-order valence-electron chi connectivity index (χ1n) is 7.64. The number of aryl methyl sites for hydroxylation is 1. The number of ether oxygens (including phenoxy) is 1. The third kappa shape index (κ3) is 4.14. The first-order chi connectivity index (χ1) is 10.1. The Morgan fingerprint density at radius 1 is 1.43 bits per heavy atom. The third-order valence-electron chi connectivity index (χ3n) is 3.86. The van der Waals surface area contributed by atoms with Crippen molar-refractivity contribution in [2.45, 2.75) is 58.0 Å². The topological polar surface area (TPSA) is 90.1 Å². The number of nitrogens with two attached hydrogens (primary N) is 1. The molecule has 1 aromatic rings. The van der Waals surface area contributed by atoms with Crippen molar-refractivity contribution in [3.63, 3.8) is 0 Å². The van der Waals surface area contributed by atoms with Gasteiger partial charge in [0.2, 0.25) is 5.95 Å². The monoisotopic (exact) mass is 292 g/mol. The van der Waals surface area contributed by atoms with Gasteiger partial charge in [-0.05, 0) is 26.7 Å². The molecule has 3 N–H and O–H groups in total. The Kier molecular flexibility index (Phi) is 5.50. The predicted octanol–water partition coefficient (Wildman–Crippen LogP) is 2.03. The van der Waals surface area contributed by atoms with Gasteiger partial charge in [0.15, 0.2) is 0 Å². The van der Waals surface area contributed by atoms with E-state index in [1.54, 1.807) is 13.8 Å². The van der Waals surface area contributed by atoms with Gasteiger partial charge in [0.25, 0.3) is 0 Å². The fourth-order valence-electron chi connectivity index (χ4n) is 2.63. The lowest BCUT2D eigenvalue weighted by Crippen LogP contribution is -2.39. The average Bonchev–Trinajstić information content (AvgIpc) is 2.64. The summed E-state index contributed by atoms with van der Waals surface area (Å²) in [6, 6.07) is 0.321. The maximum absolute atomic E-state index is 11.7. The molecule has 21 heavy (non-hydrogen) atoms. The molecule has 2 atom stereocenters. The number of nitrogens with zero attached hydrogens (tertiary/aromatic N) is 2. The van der Waals surface area contributed by atoms with Gasteiger partial charge in [-0.1, -0.05) is 19.3 Å². The summed E-state index contributed by atoms with van der Waals surface area (Å²) in [7, 11) is 0. The molecule has 0 spiro atoms. The van der Waals surface area contributed by atoms with Crippen LogP contribution in [0, 0.1) is 6.92 Å². The Bertz CT molecular complexity index is 493. The molecular weight excluding hydrogens is 268 g/mol. The zero-order valence-corrected chi connectivity index (χ0v) is 12.8. The summed E-state index contributed by atoms with van der Waals surface area (Å²) < 4.78 is 4.97. The van der Waals surface area contributed by atoms with Crippen LogP contribution >= 0.6 is 0 Å². The second-order valence-corrected chi connectivity index (χ2v) is 5.47. The Morgan fingerprint density at radius 3 is 2.90 bits per heavy atom. The largest absolute Gasteiger partial charge is 0.462 e. The van der Waals surface area contributed by atoms with Gasteiger partial charge in [0, 0.05) is 18.3 Å². The van der Waals surface area contributed by atoms with E-state index in [1.807, 2.05) is 0 Å². The number of carbonyl (C=O) groups is 1. The number of nitrogens with one attached hydrogen (secondary N) is 1. The Balaban J connectivity index is 2.07. The Labute approximate surface area is 125 Å². The molecule has 1 aromatic heterocycles. The van der Waals surface area contributed by atoms with Crippen LogP contribution in [0.5, 0.6) is 0 Å². The van der Waals surface area contributed by atoms with Crippen molar-refractivity contribution >= 4 is 11.9 Å². The van der Waals surface area contributed by atoms with Crippen LogP contribution in [0.1, 0.15) is 55.1 Å². The van der Waals surface area contributed by atoms with Crippen LogP contribution in [0.2, 0.25) is 0 Å². The number of esters is 1. The van der Waals surface area contributed by atoms with E-state index in [-0.39, 0.29) is 18.1 Å². The Morgan fingerprint density at radius 2 is 2.19 bits per heavy atom. The number of rotatable bonds is 4. The van der Waals surface area contributed by atoms with Gasteiger partial charge < -0.3 is 15.8 Å². The molecule has 0 radical (unpaired) electrons. The molecule has 1 fully saturated rings. The third-order valence-corrected chi connectivity index (χ3v) is 3.86. The summed E-state index contributed by atoms with van der Waals surface area (Å²) in [5.74, 6) is 0.149. The molecule has 0 bridgehead atoms. The highest BCUT2D eigenvalue weighted by Crippen LogP contribution is 2.19. The van der Waals surface area contributed by atoms with Crippen LogP contribution < -0.4 is 11.1 Å². The lowest BCUT2D eigenvalue weighted by Gasteiger charge is -2.22. The normalized spacial score (nSPS) is 22.4. The van der Waals surface area contributed by atoms with E-state index in [4.69, 9.17) is 10.5 Å². The van der Waals surface area contributed by atoms with Crippen molar-refractivity contribution in [3.05, 3.63) is 17.5 Å². The molecule has 1 aliphatic rings. The molecule has 116 valence electrons. The Hall–Kier alpha value is -1.69. The maximum atomic E-state index is 11.7. The van der Waals surface area contributed by atoms with Gasteiger partial charge in [0.1, 0.15) is 0 Å². The molecule has 6 heteroatoms. The average molecular weight is 292 g/mol. The zero-order chi connectivity index (χ0) is 15.2. The molecule has 0 saturated heterocycles. The van der Waals surface area contributed by atoms with E-state index >= 15 is 0 Å². The SMILES string of the molecule is CCOC(=O)c1cnc(NC2CCCCCC2N)nc1C. The minimum atomic E-state index is -0.382. The van der Waals surface area contributed by atoms with Crippen LogP contribution in [0.25, 0.3) is 0 Å². The standard InChI is InChI=1S/C15H24N4O2/c1-3-21-14(20)11-9-17-15(18-10(11)2)19-13-8-6-4-5-7-12(13)16/h9,12-13H,3-8,16H2,1-2H3,(H,17,18,19). The quantitative estimate of drug-likeness (QED) is 0.652. The molecule has 1 aliphatic carbocycles. The fourth-order valence-corrected chi connectivity index (χ4v) is 2.63. The molecule has 6 nitrogen and oxygen atoms in total. The number of anilines is 1. The van der Waals surface area contributed by atoms with Crippen LogP contribution in [-0.2, 0) is 4.74 Å². The van der Waals surface area contributed by atoms with Gasteiger partial charge in [-0.15, -0.1) is 0 Å². The highest BCUT2D eigenvalue weighted by molar-refractivity contribution is 5.90. The molecule has 1 saturated carbocycles. The molecular formula is C15H24N4O2. The summed E-state index contributed by atoms with van der Waals surface area (Å²) in [5.41, 5.74) is 7.22. The molecule has 2 rings (SSSR count). The first-order valence-corrected chi connectivity index (χ1v) is 7.64. The van der Waals surface area contributed by atoms with E-state index in [0.717, 1.165) is 12.8 Å². The number of hydrogen-bond acceptors (Lipinski definition) is 6. The zero-order valence-electron chi connectivity index (χ0n) is 12.8. The van der Waals surface area contributed by atoms with Crippen LogP contribution in [0.3, 0.4) is 0 Å². The second kappa shape index (κ2) is 7.36. The summed E-state index contributed by atoms with van der Waals surface area (Å²) in [6.07, 6.45) is 7.16. The van der Waals surface area contributed by atoms with Crippen molar-refractivity contribution in [1.29, 1.82) is 0 Å². The second-order valence-electron chi connectivity index (χ2n) is 5.47. The number of hydrogen-bond donors (Lipinski definition) is 2. The summed E-state index contributed by atoms with van der Waals surface area (Å²) in [6.45, 7) is 3.90. The predicted molar refractivity (Wildman–Crippen MR) is 81.2 cm³/mol. The van der Waals surface area contributed by atoms with Crippen molar-refractivity contribution in [2.24, 2.45) is 5.73 Å². The molecule has 0 amide bonds. The molecule has 1 heterocycles.